The largest absolute Gasteiger partial charge is 0.374 e. The van der Waals surface area contributed by atoms with Crippen molar-refractivity contribution in [3.05, 3.63) is 11.9 Å². The Kier molecular flexibility index (Phi) is 5.02. The van der Waals surface area contributed by atoms with Crippen LogP contribution in [0.1, 0.15) is 13.3 Å². The molecule has 10 heavy (non-hydrogen) atoms. The van der Waals surface area contributed by atoms with Crippen LogP contribution in [0, 0.1) is 0 Å². The van der Waals surface area contributed by atoms with E-state index < -0.39 is 18.5 Å². The standard InChI is InChI=1S/C6H9F3O/c1-2-3-10-4-5(7)6(8)9/h2-4H2,1H3. The smallest absolute Gasteiger partial charge is 0.303 e. The molecule has 0 heterocycles. The van der Waals surface area contributed by atoms with E-state index in [9.17, 15) is 13.2 Å². The maximum Gasteiger partial charge on any atom is 0.303 e. The van der Waals surface area contributed by atoms with Gasteiger partial charge in [-0.3, -0.25) is 0 Å². The maximum absolute atomic E-state index is 11.9. The summed E-state index contributed by atoms with van der Waals surface area (Å²) in [6.07, 6.45) is -1.60. The molecule has 60 valence electrons. The summed E-state index contributed by atoms with van der Waals surface area (Å²) in [7, 11) is 0. The van der Waals surface area contributed by atoms with E-state index in [1.165, 1.54) is 0 Å². The molecule has 0 aromatic rings. The van der Waals surface area contributed by atoms with Crippen LogP contribution >= 0.6 is 0 Å². The van der Waals surface area contributed by atoms with Crippen LogP contribution in [-0.4, -0.2) is 13.2 Å². The average molecular weight is 154 g/mol. The van der Waals surface area contributed by atoms with Crippen molar-refractivity contribution >= 4 is 0 Å². The highest BCUT2D eigenvalue weighted by Gasteiger charge is 2.03. The molecule has 4 heteroatoms. The first-order valence-corrected chi connectivity index (χ1v) is 2.95. The Bertz CT molecular complexity index is 118. The van der Waals surface area contributed by atoms with Gasteiger partial charge in [0.25, 0.3) is 0 Å². The lowest BCUT2D eigenvalue weighted by Gasteiger charge is -1.97. The minimum atomic E-state index is -2.30. The van der Waals surface area contributed by atoms with Crippen molar-refractivity contribution < 1.29 is 17.9 Å². The summed E-state index contributed by atoms with van der Waals surface area (Å²) in [5, 5.41) is 0. The Labute approximate surface area is 57.5 Å². The predicted molar refractivity (Wildman–Crippen MR) is 31.5 cm³/mol. The van der Waals surface area contributed by atoms with E-state index in [-0.39, 0.29) is 0 Å². The fourth-order valence-electron chi connectivity index (χ4n) is 0.361. The molecule has 0 saturated heterocycles. The van der Waals surface area contributed by atoms with Crippen molar-refractivity contribution in [2.45, 2.75) is 13.3 Å². The van der Waals surface area contributed by atoms with Gasteiger partial charge in [0.15, 0.2) is 5.83 Å². The molecule has 1 nitrogen and oxygen atoms in total. The van der Waals surface area contributed by atoms with Gasteiger partial charge in [0.2, 0.25) is 0 Å². The third-order valence-corrected chi connectivity index (χ3v) is 0.782. The first-order chi connectivity index (χ1) is 4.68. The Morgan fingerprint density at radius 1 is 1.30 bits per heavy atom. The molecule has 0 radical (unpaired) electrons. The van der Waals surface area contributed by atoms with E-state index in [0.29, 0.717) is 13.0 Å². The van der Waals surface area contributed by atoms with Gasteiger partial charge >= 0.3 is 6.08 Å². The number of halogens is 3. The summed E-state index contributed by atoms with van der Waals surface area (Å²) < 4.78 is 38.9. The van der Waals surface area contributed by atoms with E-state index in [0.717, 1.165) is 0 Å². The molecule has 0 bridgehead atoms. The molecular formula is C6H9F3O. The fourth-order valence-corrected chi connectivity index (χ4v) is 0.361. The molecular weight excluding hydrogens is 145 g/mol. The maximum atomic E-state index is 11.9. The number of rotatable bonds is 4. The van der Waals surface area contributed by atoms with Gasteiger partial charge in [0.1, 0.15) is 6.61 Å². The predicted octanol–water partition coefficient (Wildman–Crippen LogP) is 2.49. The van der Waals surface area contributed by atoms with Gasteiger partial charge in [-0.15, -0.1) is 0 Å². The first kappa shape index (κ1) is 9.49. The molecule has 0 aromatic carbocycles. The molecule has 0 amide bonds. The highest BCUT2D eigenvalue weighted by molar-refractivity contribution is 4.90. The van der Waals surface area contributed by atoms with Crippen LogP contribution in [0.2, 0.25) is 0 Å². The van der Waals surface area contributed by atoms with Crippen molar-refractivity contribution in [2.75, 3.05) is 13.2 Å². The van der Waals surface area contributed by atoms with Crippen LogP contribution in [-0.2, 0) is 4.74 Å². The van der Waals surface area contributed by atoms with Gasteiger partial charge in [-0.2, -0.15) is 8.78 Å². The van der Waals surface area contributed by atoms with Gasteiger partial charge in [-0.25, -0.2) is 4.39 Å². The molecule has 0 aliphatic carbocycles. The average Bonchev–Trinajstić information content (AvgIpc) is 1.88. The molecule has 0 unspecified atom stereocenters. The summed E-state index contributed by atoms with van der Waals surface area (Å²) in [5.74, 6) is -1.48. The van der Waals surface area contributed by atoms with Crippen LogP contribution in [0.25, 0.3) is 0 Å². The molecule has 0 aliphatic heterocycles. The van der Waals surface area contributed by atoms with Gasteiger partial charge < -0.3 is 4.74 Å². The van der Waals surface area contributed by atoms with Crippen LogP contribution < -0.4 is 0 Å². The van der Waals surface area contributed by atoms with Crippen LogP contribution in [0.4, 0.5) is 13.2 Å². The van der Waals surface area contributed by atoms with E-state index in [4.69, 9.17) is 0 Å². The van der Waals surface area contributed by atoms with E-state index in [2.05, 4.69) is 4.74 Å². The minimum Gasteiger partial charge on any atom is -0.374 e. The summed E-state index contributed by atoms with van der Waals surface area (Å²) in [4.78, 5) is 0. The van der Waals surface area contributed by atoms with Gasteiger partial charge in [-0.1, -0.05) is 6.92 Å². The molecule has 0 saturated carbocycles. The minimum absolute atomic E-state index is 0.306. The molecule has 0 N–H and O–H groups in total. The van der Waals surface area contributed by atoms with Crippen molar-refractivity contribution in [2.24, 2.45) is 0 Å². The van der Waals surface area contributed by atoms with Crippen LogP contribution in [0.3, 0.4) is 0 Å². The van der Waals surface area contributed by atoms with E-state index >= 15 is 0 Å². The van der Waals surface area contributed by atoms with Gasteiger partial charge in [0.05, 0.1) is 0 Å². The zero-order valence-electron chi connectivity index (χ0n) is 5.66. The summed E-state index contributed by atoms with van der Waals surface area (Å²) in [6.45, 7) is 1.50. The zero-order chi connectivity index (χ0) is 7.98. The normalized spacial score (nSPS) is 9.60. The van der Waals surface area contributed by atoms with Crippen molar-refractivity contribution in [3.63, 3.8) is 0 Å². The quantitative estimate of drug-likeness (QED) is 0.565. The molecule has 0 fully saturated rings. The Morgan fingerprint density at radius 3 is 2.30 bits per heavy atom. The topological polar surface area (TPSA) is 9.23 Å². The van der Waals surface area contributed by atoms with Gasteiger partial charge in [0, 0.05) is 6.61 Å². The summed E-state index contributed by atoms with van der Waals surface area (Å²) in [6, 6.07) is 0. The summed E-state index contributed by atoms with van der Waals surface area (Å²) in [5.41, 5.74) is 0. The Hall–Kier alpha value is -0.510. The molecule has 0 rings (SSSR count). The first-order valence-electron chi connectivity index (χ1n) is 2.95. The highest BCUT2D eigenvalue weighted by atomic mass is 19.3. The van der Waals surface area contributed by atoms with E-state index in [1.54, 1.807) is 0 Å². The van der Waals surface area contributed by atoms with E-state index in [1.807, 2.05) is 6.92 Å². The third kappa shape index (κ3) is 4.38. The Morgan fingerprint density at radius 2 is 1.90 bits per heavy atom. The monoisotopic (exact) mass is 154 g/mol. The molecule has 0 atom stereocenters. The van der Waals surface area contributed by atoms with Gasteiger partial charge in [-0.05, 0) is 6.42 Å². The second-order valence-electron chi connectivity index (χ2n) is 1.72. The van der Waals surface area contributed by atoms with Crippen LogP contribution in [0.15, 0.2) is 11.9 Å². The van der Waals surface area contributed by atoms with Crippen LogP contribution in [0.5, 0.6) is 0 Å². The summed E-state index contributed by atoms with van der Waals surface area (Å²) >= 11 is 0. The lowest BCUT2D eigenvalue weighted by Crippen LogP contribution is -1.96. The van der Waals surface area contributed by atoms with Crippen molar-refractivity contribution in [1.82, 2.24) is 0 Å². The fraction of sp³-hybridized carbons (Fsp3) is 0.667. The number of hydrogen-bond donors (Lipinski definition) is 0. The number of hydrogen-bond acceptors (Lipinski definition) is 1. The second-order valence-corrected chi connectivity index (χ2v) is 1.72. The molecule has 0 aliphatic rings. The lowest BCUT2D eigenvalue weighted by atomic mass is 10.5. The molecule has 0 spiro atoms. The second kappa shape index (κ2) is 5.29. The number of ether oxygens (including phenoxy) is 1. The van der Waals surface area contributed by atoms with Crippen molar-refractivity contribution in [1.29, 1.82) is 0 Å². The SMILES string of the molecule is CCCOCC(F)=C(F)F. The zero-order valence-corrected chi connectivity index (χ0v) is 5.66. The van der Waals surface area contributed by atoms with Crippen molar-refractivity contribution in [3.8, 4) is 0 Å². The highest BCUT2D eigenvalue weighted by Crippen LogP contribution is 2.08. The molecule has 0 aromatic heterocycles. The Balaban J connectivity index is 3.40. The third-order valence-electron chi connectivity index (χ3n) is 0.782. The lowest BCUT2D eigenvalue weighted by molar-refractivity contribution is 0.136.